The van der Waals surface area contributed by atoms with Gasteiger partial charge in [0.25, 0.3) is 5.56 Å². The van der Waals surface area contributed by atoms with Crippen molar-refractivity contribution in [3.05, 3.63) is 56.5 Å². The number of halogens is 3. The van der Waals surface area contributed by atoms with Gasteiger partial charge >= 0.3 is 11.9 Å². The lowest BCUT2D eigenvalue weighted by Crippen LogP contribution is -2.47. The average molecular weight is 369 g/mol. The van der Waals surface area contributed by atoms with E-state index in [2.05, 4.69) is 14.9 Å². The van der Waals surface area contributed by atoms with Crippen LogP contribution in [0, 0.1) is 0 Å². The molecule has 26 heavy (non-hydrogen) atoms. The summed E-state index contributed by atoms with van der Waals surface area (Å²) in [5.41, 5.74) is -1.04. The van der Waals surface area contributed by atoms with Gasteiger partial charge < -0.3 is 4.90 Å². The van der Waals surface area contributed by atoms with Gasteiger partial charge in [-0.2, -0.15) is 13.2 Å². The molecule has 7 nitrogen and oxygen atoms in total. The summed E-state index contributed by atoms with van der Waals surface area (Å²) in [6.45, 7) is 2.98. The molecule has 0 aliphatic carbocycles. The number of nitrogens with one attached hydrogen (secondary N) is 1. The lowest BCUT2D eigenvalue weighted by atomic mass is 10.2. The van der Waals surface area contributed by atoms with Gasteiger partial charge in [0, 0.05) is 52.0 Å². The lowest BCUT2D eigenvalue weighted by Gasteiger charge is -2.35. The molecule has 0 radical (unpaired) electrons. The van der Waals surface area contributed by atoms with Crippen LogP contribution in [0.4, 0.5) is 19.0 Å². The van der Waals surface area contributed by atoms with Gasteiger partial charge in [-0.1, -0.05) is 6.07 Å². The number of aromatic amines is 1. The van der Waals surface area contributed by atoms with Crippen LogP contribution in [0.15, 0.2) is 34.0 Å². The summed E-state index contributed by atoms with van der Waals surface area (Å²) < 4.78 is 38.6. The average Bonchev–Trinajstić information content (AvgIpc) is 2.59. The molecule has 1 N–H and O–H groups in total. The number of H-pyrrole nitrogens is 1. The van der Waals surface area contributed by atoms with Crippen LogP contribution in [0.2, 0.25) is 0 Å². The molecule has 2 aromatic rings. The SMILES string of the molecule is Cn1c(=O)cc(N2CCN(Cc3ccc(C(F)(F)F)nc3)CC2)[nH]c1=O. The molecule has 0 atom stereocenters. The Balaban J connectivity index is 1.60. The van der Waals surface area contributed by atoms with Crippen molar-refractivity contribution in [2.45, 2.75) is 12.7 Å². The Morgan fingerprint density at radius 3 is 2.38 bits per heavy atom. The third-order valence-corrected chi connectivity index (χ3v) is 4.36. The molecule has 140 valence electrons. The van der Waals surface area contributed by atoms with E-state index in [0.717, 1.165) is 10.6 Å². The Hall–Kier alpha value is -2.62. The maximum atomic E-state index is 12.5. The summed E-state index contributed by atoms with van der Waals surface area (Å²) in [5, 5.41) is 0. The molecule has 0 saturated carbocycles. The van der Waals surface area contributed by atoms with Gasteiger partial charge in [-0.15, -0.1) is 0 Å². The Labute approximate surface area is 146 Å². The molecule has 0 unspecified atom stereocenters. The van der Waals surface area contributed by atoms with Crippen LogP contribution < -0.4 is 16.1 Å². The largest absolute Gasteiger partial charge is 0.433 e. The van der Waals surface area contributed by atoms with Crippen molar-refractivity contribution in [3.63, 3.8) is 0 Å². The number of pyridine rings is 1. The first-order valence-corrected chi connectivity index (χ1v) is 8.04. The molecule has 10 heteroatoms. The van der Waals surface area contributed by atoms with Crippen LogP contribution in [-0.2, 0) is 19.8 Å². The molecule has 3 heterocycles. The minimum Gasteiger partial charge on any atom is -0.355 e. The standard InChI is InChI=1S/C16H18F3N5O2/c1-22-14(25)8-13(21-15(22)26)24-6-4-23(5-7-24)10-11-2-3-12(20-9-11)16(17,18)19/h2-3,8-9H,4-7,10H2,1H3,(H,21,26). The fraction of sp³-hybridized carbons (Fsp3) is 0.438. The summed E-state index contributed by atoms with van der Waals surface area (Å²) in [7, 11) is 1.40. The maximum absolute atomic E-state index is 12.5. The van der Waals surface area contributed by atoms with E-state index >= 15 is 0 Å². The second kappa shape index (κ2) is 6.94. The normalized spacial score (nSPS) is 16.1. The molecule has 3 rings (SSSR count). The third-order valence-electron chi connectivity index (χ3n) is 4.36. The number of piperazine rings is 1. The second-order valence-corrected chi connectivity index (χ2v) is 6.17. The quantitative estimate of drug-likeness (QED) is 0.867. The molecule has 0 bridgehead atoms. The highest BCUT2D eigenvalue weighted by molar-refractivity contribution is 5.37. The topological polar surface area (TPSA) is 74.2 Å². The maximum Gasteiger partial charge on any atom is 0.433 e. The van der Waals surface area contributed by atoms with E-state index in [1.807, 2.05) is 4.90 Å². The van der Waals surface area contributed by atoms with Crippen molar-refractivity contribution in [2.75, 3.05) is 31.1 Å². The Morgan fingerprint density at radius 2 is 1.85 bits per heavy atom. The van der Waals surface area contributed by atoms with Crippen molar-refractivity contribution in [3.8, 4) is 0 Å². The first-order chi connectivity index (χ1) is 12.2. The zero-order valence-electron chi connectivity index (χ0n) is 14.1. The summed E-state index contributed by atoms with van der Waals surface area (Å²) >= 11 is 0. The Kier molecular flexibility index (Phi) is 4.86. The van der Waals surface area contributed by atoms with Crippen molar-refractivity contribution < 1.29 is 13.2 Å². The van der Waals surface area contributed by atoms with Crippen molar-refractivity contribution >= 4 is 5.82 Å². The zero-order valence-corrected chi connectivity index (χ0v) is 14.1. The lowest BCUT2D eigenvalue weighted by molar-refractivity contribution is -0.141. The van der Waals surface area contributed by atoms with Crippen LogP contribution >= 0.6 is 0 Å². The molecule has 2 aromatic heterocycles. The van der Waals surface area contributed by atoms with Gasteiger partial charge in [-0.25, -0.2) is 4.79 Å². The van der Waals surface area contributed by atoms with Gasteiger partial charge in [0.2, 0.25) is 0 Å². The number of hydrogen-bond acceptors (Lipinski definition) is 5. The van der Waals surface area contributed by atoms with Crippen LogP contribution in [0.25, 0.3) is 0 Å². The number of rotatable bonds is 3. The number of anilines is 1. The zero-order chi connectivity index (χ0) is 18.9. The molecule has 1 saturated heterocycles. The Bertz CT molecular complexity index is 849. The first kappa shape index (κ1) is 18.2. The van der Waals surface area contributed by atoms with Gasteiger partial charge in [0.1, 0.15) is 11.5 Å². The highest BCUT2D eigenvalue weighted by Gasteiger charge is 2.32. The smallest absolute Gasteiger partial charge is 0.355 e. The highest BCUT2D eigenvalue weighted by atomic mass is 19.4. The van der Waals surface area contributed by atoms with E-state index in [-0.39, 0.29) is 5.56 Å². The number of alkyl halides is 3. The van der Waals surface area contributed by atoms with Crippen molar-refractivity contribution in [1.29, 1.82) is 0 Å². The first-order valence-electron chi connectivity index (χ1n) is 8.04. The monoisotopic (exact) mass is 369 g/mol. The molecular formula is C16H18F3N5O2. The molecule has 1 aliphatic rings. The van der Waals surface area contributed by atoms with Gasteiger partial charge in [0.05, 0.1) is 0 Å². The molecular weight excluding hydrogens is 351 g/mol. The van der Waals surface area contributed by atoms with Gasteiger partial charge in [-0.05, 0) is 11.6 Å². The third kappa shape index (κ3) is 3.96. The van der Waals surface area contributed by atoms with E-state index < -0.39 is 17.6 Å². The number of nitrogens with zero attached hydrogens (tertiary/aromatic N) is 4. The summed E-state index contributed by atoms with van der Waals surface area (Å²) in [5.74, 6) is 0.481. The van der Waals surface area contributed by atoms with Crippen molar-refractivity contribution in [1.82, 2.24) is 19.4 Å². The minimum atomic E-state index is -4.44. The second-order valence-electron chi connectivity index (χ2n) is 6.17. The van der Waals surface area contributed by atoms with E-state index in [4.69, 9.17) is 0 Å². The van der Waals surface area contributed by atoms with E-state index in [1.54, 1.807) is 0 Å². The fourth-order valence-electron chi connectivity index (χ4n) is 2.80. The van der Waals surface area contributed by atoms with Crippen LogP contribution in [-0.4, -0.2) is 45.6 Å². The summed E-state index contributed by atoms with van der Waals surface area (Å²) in [4.78, 5) is 33.5. The number of hydrogen-bond donors (Lipinski definition) is 1. The summed E-state index contributed by atoms with van der Waals surface area (Å²) in [6.07, 6.45) is -3.19. The van der Waals surface area contributed by atoms with E-state index in [0.29, 0.717) is 44.1 Å². The van der Waals surface area contributed by atoms with Gasteiger partial charge in [0.15, 0.2) is 0 Å². The predicted molar refractivity (Wildman–Crippen MR) is 89.0 cm³/mol. The molecule has 0 spiro atoms. The van der Waals surface area contributed by atoms with Gasteiger partial charge in [-0.3, -0.25) is 24.2 Å². The van der Waals surface area contributed by atoms with Crippen LogP contribution in [0.1, 0.15) is 11.3 Å². The molecule has 1 fully saturated rings. The van der Waals surface area contributed by atoms with E-state index in [9.17, 15) is 22.8 Å². The van der Waals surface area contributed by atoms with E-state index in [1.165, 1.54) is 25.4 Å². The molecule has 1 aliphatic heterocycles. The predicted octanol–water partition coefficient (Wildman–Crippen LogP) is 0.810. The molecule has 0 amide bonds. The fourth-order valence-corrected chi connectivity index (χ4v) is 2.80. The highest BCUT2D eigenvalue weighted by Crippen LogP contribution is 2.27. The summed E-state index contributed by atoms with van der Waals surface area (Å²) in [6, 6.07) is 3.80. The molecule has 0 aromatic carbocycles. The number of aromatic nitrogens is 3. The van der Waals surface area contributed by atoms with Crippen LogP contribution in [0.5, 0.6) is 0 Å². The van der Waals surface area contributed by atoms with Crippen LogP contribution in [0.3, 0.4) is 0 Å². The van der Waals surface area contributed by atoms with Crippen molar-refractivity contribution in [2.24, 2.45) is 7.05 Å². The Morgan fingerprint density at radius 1 is 1.15 bits per heavy atom. The minimum absolute atomic E-state index is 0.373.